The van der Waals surface area contributed by atoms with E-state index >= 15 is 0 Å². The van der Waals surface area contributed by atoms with E-state index in [-0.39, 0.29) is 5.92 Å². The zero-order chi connectivity index (χ0) is 16.9. The minimum atomic E-state index is -1.20. The van der Waals surface area contributed by atoms with E-state index in [4.69, 9.17) is 10.2 Å². The number of hydrogen-bond donors (Lipinski definition) is 2. The van der Waals surface area contributed by atoms with Crippen LogP contribution in [0.1, 0.15) is 77.6 Å². The summed E-state index contributed by atoms with van der Waals surface area (Å²) in [5.74, 6) is 0.972. The van der Waals surface area contributed by atoms with Crippen LogP contribution in [-0.4, -0.2) is 22.3 Å². The maximum Gasteiger partial charge on any atom is 0.151 e. The molecule has 0 aromatic carbocycles. The van der Waals surface area contributed by atoms with Gasteiger partial charge in [0.1, 0.15) is 5.78 Å². The van der Waals surface area contributed by atoms with Gasteiger partial charge in [-0.3, -0.25) is 4.79 Å². The standard InChI is InChI=1S/C20H34O3/c1-2-3-4-5-6-9-12-17-15-16-19(21)18(17)13-10-7-8-11-14-20(22)23/h7,9-10,12,17-18,20,22-23H,2-6,8,11,13-16H2,1H3/t17-,18+/m0/s1. The maximum absolute atomic E-state index is 12.0. The molecule has 2 atom stereocenters. The molecule has 0 radical (unpaired) electrons. The van der Waals surface area contributed by atoms with Gasteiger partial charge in [0, 0.05) is 12.3 Å². The van der Waals surface area contributed by atoms with Crippen LogP contribution >= 0.6 is 0 Å². The average molecular weight is 322 g/mol. The zero-order valence-corrected chi connectivity index (χ0v) is 14.6. The molecular weight excluding hydrogens is 288 g/mol. The molecule has 0 bridgehead atoms. The van der Waals surface area contributed by atoms with Crippen LogP contribution in [0.3, 0.4) is 0 Å². The third-order valence-electron chi connectivity index (χ3n) is 4.65. The molecule has 0 aliphatic heterocycles. The Hall–Kier alpha value is -0.930. The highest BCUT2D eigenvalue weighted by Gasteiger charge is 2.31. The molecule has 1 aliphatic rings. The summed E-state index contributed by atoms with van der Waals surface area (Å²) in [7, 11) is 0. The van der Waals surface area contributed by atoms with Gasteiger partial charge in [0.25, 0.3) is 0 Å². The number of aliphatic hydroxyl groups excluding tert-OH is 1. The van der Waals surface area contributed by atoms with E-state index in [2.05, 4.69) is 31.2 Å². The second-order valence-electron chi connectivity index (χ2n) is 6.67. The van der Waals surface area contributed by atoms with E-state index in [0.29, 0.717) is 18.1 Å². The van der Waals surface area contributed by atoms with Gasteiger partial charge in [-0.1, -0.05) is 50.5 Å². The molecule has 1 saturated carbocycles. The van der Waals surface area contributed by atoms with E-state index in [9.17, 15) is 4.79 Å². The number of rotatable bonds is 12. The van der Waals surface area contributed by atoms with Crippen molar-refractivity contribution in [3.05, 3.63) is 24.3 Å². The third-order valence-corrected chi connectivity index (χ3v) is 4.65. The van der Waals surface area contributed by atoms with Crippen LogP contribution in [0.4, 0.5) is 0 Å². The maximum atomic E-state index is 12.0. The number of allylic oxidation sites excluding steroid dienone is 4. The molecule has 0 aromatic heterocycles. The Balaban J connectivity index is 2.26. The quantitative estimate of drug-likeness (QED) is 0.315. The Morgan fingerprint density at radius 3 is 2.61 bits per heavy atom. The van der Waals surface area contributed by atoms with Gasteiger partial charge in [-0.05, 0) is 50.9 Å². The Bertz CT molecular complexity index is 371. The summed E-state index contributed by atoms with van der Waals surface area (Å²) in [5.41, 5.74) is 0. The summed E-state index contributed by atoms with van der Waals surface area (Å²) in [5, 5.41) is 17.6. The van der Waals surface area contributed by atoms with Crippen molar-refractivity contribution in [2.45, 2.75) is 83.8 Å². The number of unbranched alkanes of at least 4 members (excludes halogenated alkanes) is 5. The van der Waals surface area contributed by atoms with Crippen LogP contribution in [0.25, 0.3) is 0 Å². The van der Waals surface area contributed by atoms with Crippen molar-refractivity contribution in [2.24, 2.45) is 11.8 Å². The predicted molar refractivity (Wildman–Crippen MR) is 95.0 cm³/mol. The van der Waals surface area contributed by atoms with Gasteiger partial charge < -0.3 is 10.2 Å². The third kappa shape index (κ3) is 9.07. The summed E-state index contributed by atoms with van der Waals surface area (Å²) in [6.07, 6.45) is 18.4. The van der Waals surface area contributed by atoms with E-state index in [1.54, 1.807) is 0 Å². The Morgan fingerprint density at radius 1 is 1.09 bits per heavy atom. The molecule has 1 rings (SSSR count). The average Bonchev–Trinajstić information content (AvgIpc) is 2.86. The fourth-order valence-corrected chi connectivity index (χ4v) is 3.21. The highest BCUT2D eigenvalue weighted by Crippen LogP contribution is 2.32. The van der Waals surface area contributed by atoms with E-state index in [1.807, 2.05) is 0 Å². The minimum absolute atomic E-state index is 0.154. The molecule has 0 spiro atoms. The first-order valence-corrected chi connectivity index (χ1v) is 9.35. The van der Waals surface area contributed by atoms with E-state index in [1.165, 1.54) is 25.7 Å². The second-order valence-corrected chi connectivity index (χ2v) is 6.67. The molecule has 0 saturated heterocycles. The van der Waals surface area contributed by atoms with Gasteiger partial charge in [-0.2, -0.15) is 0 Å². The van der Waals surface area contributed by atoms with Crippen LogP contribution in [0.15, 0.2) is 24.3 Å². The lowest BCUT2D eigenvalue weighted by molar-refractivity contribution is -0.120. The SMILES string of the molecule is CCCCCCC=C[C@H]1CCC(=O)[C@@H]1CC=CCCCC(O)O. The molecule has 0 aromatic rings. The van der Waals surface area contributed by atoms with Crippen molar-refractivity contribution >= 4 is 5.78 Å². The number of ketones is 1. The topological polar surface area (TPSA) is 57.5 Å². The number of carbonyl (C=O) groups excluding carboxylic acids is 1. The van der Waals surface area contributed by atoms with Crippen LogP contribution in [0, 0.1) is 11.8 Å². The summed E-state index contributed by atoms with van der Waals surface area (Å²) < 4.78 is 0. The fraction of sp³-hybridized carbons (Fsp3) is 0.750. The number of hydrogen-bond acceptors (Lipinski definition) is 3. The lowest BCUT2D eigenvalue weighted by Gasteiger charge is -2.12. The van der Waals surface area contributed by atoms with Crippen LogP contribution in [-0.2, 0) is 4.79 Å². The molecule has 3 nitrogen and oxygen atoms in total. The predicted octanol–water partition coefficient (Wildman–Crippen LogP) is 4.54. The summed E-state index contributed by atoms with van der Waals surface area (Å²) in [6, 6.07) is 0. The molecule has 0 amide bonds. The molecule has 132 valence electrons. The number of carbonyl (C=O) groups is 1. The van der Waals surface area contributed by atoms with Gasteiger partial charge >= 0.3 is 0 Å². The minimum Gasteiger partial charge on any atom is -0.368 e. The summed E-state index contributed by atoms with van der Waals surface area (Å²) in [6.45, 7) is 2.23. The Labute approximate surface area is 141 Å². The first kappa shape index (κ1) is 20.1. The molecule has 2 N–H and O–H groups in total. The van der Waals surface area contributed by atoms with Crippen molar-refractivity contribution < 1.29 is 15.0 Å². The molecule has 23 heavy (non-hydrogen) atoms. The van der Waals surface area contributed by atoms with E-state index in [0.717, 1.165) is 38.5 Å². The lowest BCUT2D eigenvalue weighted by atomic mass is 9.91. The van der Waals surface area contributed by atoms with Gasteiger partial charge in [0.05, 0.1) is 0 Å². The largest absolute Gasteiger partial charge is 0.368 e. The van der Waals surface area contributed by atoms with Gasteiger partial charge in [0.15, 0.2) is 6.29 Å². The van der Waals surface area contributed by atoms with Crippen molar-refractivity contribution in [3.8, 4) is 0 Å². The molecule has 0 unspecified atom stereocenters. The molecular formula is C20H34O3. The molecule has 3 heteroatoms. The monoisotopic (exact) mass is 322 g/mol. The molecule has 0 heterocycles. The van der Waals surface area contributed by atoms with Crippen molar-refractivity contribution in [1.82, 2.24) is 0 Å². The number of aliphatic hydroxyl groups is 2. The van der Waals surface area contributed by atoms with Crippen molar-refractivity contribution in [3.63, 3.8) is 0 Å². The fourth-order valence-electron chi connectivity index (χ4n) is 3.21. The first-order chi connectivity index (χ1) is 11.1. The van der Waals surface area contributed by atoms with Gasteiger partial charge in [-0.25, -0.2) is 0 Å². The van der Waals surface area contributed by atoms with Crippen LogP contribution in [0.5, 0.6) is 0 Å². The molecule has 1 aliphatic carbocycles. The van der Waals surface area contributed by atoms with Gasteiger partial charge in [-0.15, -0.1) is 0 Å². The van der Waals surface area contributed by atoms with Crippen LogP contribution < -0.4 is 0 Å². The zero-order valence-electron chi connectivity index (χ0n) is 14.6. The Kier molecular flexibility index (Phi) is 10.9. The number of Topliss-reactive ketones (excluding diaryl/α,β-unsaturated/α-hetero) is 1. The van der Waals surface area contributed by atoms with Crippen molar-refractivity contribution in [2.75, 3.05) is 0 Å². The highest BCUT2D eigenvalue weighted by atomic mass is 16.5. The smallest absolute Gasteiger partial charge is 0.151 e. The first-order valence-electron chi connectivity index (χ1n) is 9.35. The van der Waals surface area contributed by atoms with Gasteiger partial charge in [0.2, 0.25) is 0 Å². The van der Waals surface area contributed by atoms with Crippen LogP contribution in [0.2, 0.25) is 0 Å². The highest BCUT2D eigenvalue weighted by molar-refractivity contribution is 5.83. The summed E-state index contributed by atoms with van der Waals surface area (Å²) >= 11 is 0. The van der Waals surface area contributed by atoms with E-state index < -0.39 is 6.29 Å². The van der Waals surface area contributed by atoms with Crippen molar-refractivity contribution in [1.29, 1.82) is 0 Å². The second kappa shape index (κ2) is 12.5. The normalized spacial score (nSPS) is 22.2. The lowest BCUT2D eigenvalue weighted by Crippen LogP contribution is -2.12. The summed E-state index contributed by atoms with van der Waals surface area (Å²) in [4.78, 5) is 12.0. The Morgan fingerprint density at radius 2 is 1.87 bits per heavy atom. The molecule has 1 fully saturated rings.